The van der Waals surface area contributed by atoms with Crippen LogP contribution in [0.4, 0.5) is 5.69 Å². The summed E-state index contributed by atoms with van der Waals surface area (Å²) in [5.74, 6) is -3.13. The molecule has 4 rings (SSSR count). The minimum Gasteiger partial charge on any atom is -0.272 e. The fourth-order valence-corrected chi connectivity index (χ4v) is 4.54. The number of rotatable bonds is 5. The quantitative estimate of drug-likeness (QED) is 0.295. The third-order valence-electron chi connectivity index (χ3n) is 5.93. The van der Waals surface area contributed by atoms with Gasteiger partial charge in [0, 0.05) is 11.1 Å². The van der Waals surface area contributed by atoms with E-state index in [1.165, 1.54) is 24.3 Å². The Hall–Kier alpha value is -3.52. The van der Waals surface area contributed by atoms with Crippen molar-refractivity contribution in [2.45, 2.75) is 19.9 Å². The zero-order chi connectivity index (χ0) is 23.0. The monoisotopic (exact) mass is 453 g/mol. The number of nitro benzene ring substituents is 1. The van der Waals surface area contributed by atoms with Crippen LogP contribution in [0.5, 0.6) is 0 Å². The van der Waals surface area contributed by atoms with Crippen molar-refractivity contribution >= 4 is 35.0 Å². The number of halogens is 1. The second-order valence-corrected chi connectivity index (χ2v) is 8.28. The molecule has 2 aliphatic rings. The zero-order valence-corrected chi connectivity index (χ0v) is 17.9. The second-order valence-electron chi connectivity index (χ2n) is 7.87. The van der Waals surface area contributed by atoms with Crippen LogP contribution < -0.4 is 0 Å². The Kier molecular flexibility index (Phi) is 5.80. The van der Waals surface area contributed by atoms with Gasteiger partial charge in [0.15, 0.2) is 0 Å². The van der Waals surface area contributed by atoms with Crippen molar-refractivity contribution in [2.75, 3.05) is 0 Å². The number of hydrogen-bond donors (Lipinski definition) is 0. The molecule has 0 N–H and O–H groups in total. The van der Waals surface area contributed by atoms with Gasteiger partial charge in [-0.1, -0.05) is 61.0 Å². The lowest BCUT2D eigenvalue weighted by Gasteiger charge is -2.31. The summed E-state index contributed by atoms with van der Waals surface area (Å²) < 4.78 is 0. The molecule has 164 valence electrons. The van der Waals surface area contributed by atoms with Crippen LogP contribution in [-0.4, -0.2) is 32.7 Å². The van der Waals surface area contributed by atoms with E-state index < -0.39 is 40.2 Å². The summed E-state index contributed by atoms with van der Waals surface area (Å²) >= 11 is 6.28. The largest absolute Gasteiger partial charge is 0.282 e. The standard InChI is InChI=1S/C23H20ClN3O5/c1-14-7-6-10-17-20(14)23(30)26(22(17)29)25(13-15-8-2-4-11-18(15)24)21(28)16-9-3-5-12-19(16)27(31)32/h2-9,11-12,14,17,20H,10,13H2,1H3/t14-,17-,20-/m1/s1. The molecule has 2 aromatic carbocycles. The minimum absolute atomic E-state index is 0.168. The molecular weight excluding hydrogens is 434 g/mol. The summed E-state index contributed by atoms with van der Waals surface area (Å²) in [6.07, 6.45) is 4.15. The van der Waals surface area contributed by atoms with E-state index in [2.05, 4.69) is 0 Å². The van der Waals surface area contributed by atoms with Crippen LogP contribution in [0, 0.1) is 27.9 Å². The maximum absolute atomic E-state index is 13.6. The lowest BCUT2D eigenvalue weighted by Crippen LogP contribution is -2.50. The van der Waals surface area contributed by atoms with Crippen molar-refractivity contribution in [2.24, 2.45) is 17.8 Å². The number of fused-ring (bicyclic) bond motifs is 1. The van der Waals surface area contributed by atoms with Crippen molar-refractivity contribution in [3.63, 3.8) is 0 Å². The lowest BCUT2D eigenvalue weighted by atomic mass is 9.78. The summed E-state index contributed by atoms with van der Waals surface area (Å²) in [5.41, 5.74) is -0.123. The predicted octanol–water partition coefficient (Wildman–Crippen LogP) is 4.00. The highest BCUT2D eigenvalue weighted by molar-refractivity contribution is 6.31. The number of carbonyl (C=O) groups excluding carboxylic acids is 3. The van der Waals surface area contributed by atoms with Gasteiger partial charge >= 0.3 is 0 Å². The van der Waals surface area contributed by atoms with E-state index in [1.54, 1.807) is 24.3 Å². The number of hydrazine groups is 1. The molecule has 0 aromatic heterocycles. The van der Waals surface area contributed by atoms with E-state index >= 15 is 0 Å². The second kappa shape index (κ2) is 8.55. The predicted molar refractivity (Wildman–Crippen MR) is 116 cm³/mol. The molecule has 8 nitrogen and oxygen atoms in total. The number of allylic oxidation sites excluding steroid dienone is 2. The third kappa shape index (κ3) is 3.67. The van der Waals surface area contributed by atoms with E-state index in [0.717, 1.165) is 10.0 Å². The van der Waals surface area contributed by atoms with Gasteiger partial charge < -0.3 is 0 Å². The van der Waals surface area contributed by atoms with Crippen LogP contribution >= 0.6 is 11.6 Å². The first kappa shape index (κ1) is 21.7. The Morgan fingerprint density at radius 3 is 2.53 bits per heavy atom. The van der Waals surface area contributed by atoms with Gasteiger partial charge in [0.25, 0.3) is 23.4 Å². The van der Waals surface area contributed by atoms with Gasteiger partial charge in [-0.05, 0) is 30.0 Å². The summed E-state index contributed by atoms with van der Waals surface area (Å²) in [4.78, 5) is 51.0. The fraction of sp³-hybridized carbons (Fsp3) is 0.261. The third-order valence-corrected chi connectivity index (χ3v) is 6.30. The molecule has 32 heavy (non-hydrogen) atoms. The van der Waals surface area contributed by atoms with Crippen LogP contribution in [0.1, 0.15) is 29.3 Å². The Balaban J connectivity index is 1.80. The number of para-hydroxylation sites is 1. The number of benzene rings is 2. The van der Waals surface area contributed by atoms with E-state index in [9.17, 15) is 24.5 Å². The Morgan fingerprint density at radius 2 is 1.84 bits per heavy atom. The normalized spacial score (nSPS) is 22.1. The first-order valence-corrected chi connectivity index (χ1v) is 10.5. The van der Waals surface area contributed by atoms with Crippen molar-refractivity contribution < 1.29 is 19.3 Å². The number of imide groups is 1. The van der Waals surface area contributed by atoms with Crippen LogP contribution in [-0.2, 0) is 16.1 Å². The van der Waals surface area contributed by atoms with Gasteiger partial charge in [0.2, 0.25) is 0 Å². The van der Waals surface area contributed by atoms with Gasteiger partial charge in [-0.25, -0.2) is 5.01 Å². The molecule has 1 heterocycles. The molecule has 2 aromatic rings. The van der Waals surface area contributed by atoms with E-state index in [-0.39, 0.29) is 18.0 Å². The van der Waals surface area contributed by atoms with Gasteiger partial charge in [-0.15, -0.1) is 0 Å². The van der Waals surface area contributed by atoms with Gasteiger partial charge in [0.05, 0.1) is 23.3 Å². The van der Waals surface area contributed by atoms with Crippen LogP contribution in [0.15, 0.2) is 60.7 Å². The number of amides is 3. The number of nitro groups is 1. The van der Waals surface area contributed by atoms with E-state index in [0.29, 0.717) is 17.0 Å². The first-order valence-electron chi connectivity index (χ1n) is 10.1. The summed E-state index contributed by atoms with van der Waals surface area (Å²) in [7, 11) is 0. The molecule has 3 amide bonds. The number of hydrogen-bond acceptors (Lipinski definition) is 5. The Bertz CT molecular complexity index is 1150. The van der Waals surface area contributed by atoms with Gasteiger partial charge in [-0.3, -0.25) is 24.5 Å². The average Bonchev–Trinajstić information content (AvgIpc) is 3.04. The maximum Gasteiger partial charge on any atom is 0.282 e. The average molecular weight is 454 g/mol. The Labute approximate surface area is 189 Å². The van der Waals surface area contributed by atoms with Crippen molar-refractivity contribution in [3.05, 3.63) is 86.9 Å². The molecule has 0 spiro atoms. The van der Waals surface area contributed by atoms with Crippen LogP contribution in [0.3, 0.4) is 0 Å². The number of carbonyl (C=O) groups is 3. The summed E-state index contributed by atoms with van der Waals surface area (Å²) in [5, 5.41) is 13.7. The molecular formula is C23H20ClN3O5. The SMILES string of the molecule is C[C@@H]1C=CC[C@H]2C(=O)N(N(Cc3ccccc3Cl)C(=O)c3ccccc3[N+](=O)[O-])C(=O)[C@H]12. The minimum atomic E-state index is -0.821. The van der Waals surface area contributed by atoms with Crippen molar-refractivity contribution in [1.82, 2.24) is 10.0 Å². The highest BCUT2D eigenvalue weighted by Gasteiger charge is 2.53. The smallest absolute Gasteiger partial charge is 0.272 e. The lowest BCUT2D eigenvalue weighted by molar-refractivity contribution is -0.385. The molecule has 0 saturated carbocycles. The number of nitrogens with zero attached hydrogens (tertiary/aromatic N) is 3. The maximum atomic E-state index is 13.6. The highest BCUT2D eigenvalue weighted by Crippen LogP contribution is 2.40. The fourth-order valence-electron chi connectivity index (χ4n) is 4.34. The molecule has 0 bridgehead atoms. The molecule has 1 aliphatic heterocycles. The van der Waals surface area contributed by atoms with Crippen molar-refractivity contribution in [1.29, 1.82) is 0 Å². The molecule has 1 saturated heterocycles. The molecule has 3 atom stereocenters. The molecule has 1 aliphatic carbocycles. The zero-order valence-electron chi connectivity index (χ0n) is 17.2. The molecule has 1 fully saturated rings. The summed E-state index contributed by atoms with van der Waals surface area (Å²) in [6, 6.07) is 12.2. The Morgan fingerprint density at radius 1 is 1.16 bits per heavy atom. The molecule has 0 unspecified atom stereocenters. The van der Waals surface area contributed by atoms with E-state index in [1.807, 2.05) is 19.1 Å². The van der Waals surface area contributed by atoms with Gasteiger partial charge in [-0.2, -0.15) is 5.01 Å². The summed E-state index contributed by atoms with van der Waals surface area (Å²) in [6.45, 7) is 1.66. The molecule has 0 radical (unpaired) electrons. The highest BCUT2D eigenvalue weighted by atomic mass is 35.5. The molecule has 9 heteroatoms. The van der Waals surface area contributed by atoms with E-state index in [4.69, 9.17) is 11.6 Å². The van der Waals surface area contributed by atoms with Crippen molar-refractivity contribution in [3.8, 4) is 0 Å². The first-order chi connectivity index (χ1) is 15.3. The van der Waals surface area contributed by atoms with Crippen LogP contribution in [0.2, 0.25) is 5.02 Å². The van der Waals surface area contributed by atoms with Gasteiger partial charge in [0.1, 0.15) is 5.56 Å². The topological polar surface area (TPSA) is 101 Å². The van der Waals surface area contributed by atoms with Crippen LogP contribution in [0.25, 0.3) is 0 Å².